The van der Waals surface area contributed by atoms with Crippen LogP contribution < -0.4 is 5.32 Å². The number of aryl methyl sites for hydroxylation is 1. The molecule has 1 aliphatic rings. The summed E-state index contributed by atoms with van der Waals surface area (Å²) in [6.07, 6.45) is 3.91. The number of hydrogen-bond acceptors (Lipinski definition) is 4. The highest BCUT2D eigenvalue weighted by atomic mass is 19.1. The summed E-state index contributed by atoms with van der Waals surface area (Å²) in [4.78, 5) is 12.2. The SMILES string of the molecule is Cc1cnn(Cc2cc(F)ccc2F)c1NC(=O)CCOCC1CCCO1. The van der Waals surface area contributed by atoms with E-state index in [1.807, 2.05) is 0 Å². The number of anilines is 1. The largest absolute Gasteiger partial charge is 0.378 e. The highest BCUT2D eigenvalue weighted by molar-refractivity contribution is 5.90. The average Bonchev–Trinajstić information content (AvgIpc) is 3.27. The van der Waals surface area contributed by atoms with E-state index >= 15 is 0 Å². The lowest BCUT2D eigenvalue weighted by molar-refractivity contribution is -0.117. The number of aromatic nitrogens is 2. The molecule has 1 aromatic heterocycles. The molecule has 0 radical (unpaired) electrons. The zero-order valence-corrected chi connectivity index (χ0v) is 15.2. The summed E-state index contributed by atoms with van der Waals surface area (Å²) in [6.45, 7) is 3.35. The van der Waals surface area contributed by atoms with Gasteiger partial charge < -0.3 is 14.8 Å². The molecule has 1 aromatic carbocycles. The lowest BCUT2D eigenvalue weighted by Gasteiger charge is -2.12. The van der Waals surface area contributed by atoms with E-state index in [-0.39, 0.29) is 37.1 Å². The van der Waals surface area contributed by atoms with Crippen LogP contribution in [0.5, 0.6) is 0 Å². The van der Waals surface area contributed by atoms with Gasteiger partial charge in [-0.2, -0.15) is 5.10 Å². The van der Waals surface area contributed by atoms with E-state index < -0.39 is 11.6 Å². The van der Waals surface area contributed by atoms with Gasteiger partial charge in [-0.3, -0.25) is 4.79 Å². The van der Waals surface area contributed by atoms with Crippen molar-refractivity contribution in [3.05, 3.63) is 47.2 Å². The van der Waals surface area contributed by atoms with E-state index in [1.54, 1.807) is 13.1 Å². The van der Waals surface area contributed by atoms with Crippen LogP contribution in [0.3, 0.4) is 0 Å². The molecular formula is C19H23F2N3O3. The monoisotopic (exact) mass is 379 g/mol. The Labute approximate surface area is 156 Å². The summed E-state index contributed by atoms with van der Waals surface area (Å²) in [7, 11) is 0. The molecule has 0 spiro atoms. The van der Waals surface area contributed by atoms with Crippen molar-refractivity contribution in [3.8, 4) is 0 Å². The molecule has 146 valence electrons. The van der Waals surface area contributed by atoms with Crippen LogP contribution in [-0.2, 0) is 20.8 Å². The standard InChI is InChI=1S/C19H23F2N3O3/c1-13-10-22-24(11-14-9-15(20)4-5-17(14)21)19(13)23-18(25)6-8-26-12-16-3-2-7-27-16/h4-5,9-10,16H,2-3,6-8,11-12H2,1H3,(H,23,25). The van der Waals surface area contributed by atoms with Crippen molar-refractivity contribution in [2.24, 2.45) is 0 Å². The van der Waals surface area contributed by atoms with Gasteiger partial charge in [-0.25, -0.2) is 13.5 Å². The first-order valence-electron chi connectivity index (χ1n) is 8.98. The predicted octanol–water partition coefficient (Wildman–Crippen LogP) is 3.04. The molecule has 0 bridgehead atoms. The van der Waals surface area contributed by atoms with Gasteiger partial charge in [0, 0.05) is 17.7 Å². The molecule has 0 aliphatic carbocycles. The number of benzene rings is 1. The Balaban J connectivity index is 1.54. The smallest absolute Gasteiger partial charge is 0.227 e. The van der Waals surface area contributed by atoms with Crippen molar-refractivity contribution < 1.29 is 23.0 Å². The van der Waals surface area contributed by atoms with Gasteiger partial charge in [0.2, 0.25) is 5.91 Å². The minimum absolute atomic E-state index is 0.0164. The lowest BCUT2D eigenvalue weighted by Crippen LogP contribution is -2.20. The first kappa shape index (κ1) is 19.4. The molecule has 6 nitrogen and oxygen atoms in total. The van der Waals surface area contributed by atoms with Crippen LogP contribution in [0.4, 0.5) is 14.6 Å². The molecule has 2 aromatic rings. The molecule has 1 amide bonds. The van der Waals surface area contributed by atoms with Crippen molar-refractivity contribution in [3.63, 3.8) is 0 Å². The van der Waals surface area contributed by atoms with E-state index in [0.29, 0.717) is 12.4 Å². The maximum Gasteiger partial charge on any atom is 0.227 e. The van der Waals surface area contributed by atoms with Gasteiger partial charge in [0.25, 0.3) is 0 Å². The molecule has 27 heavy (non-hydrogen) atoms. The van der Waals surface area contributed by atoms with Gasteiger partial charge in [0.1, 0.15) is 17.5 Å². The average molecular weight is 379 g/mol. The van der Waals surface area contributed by atoms with E-state index in [1.165, 1.54) is 4.68 Å². The van der Waals surface area contributed by atoms with Gasteiger partial charge in [-0.05, 0) is 38.0 Å². The van der Waals surface area contributed by atoms with Crippen LogP contribution in [0.1, 0.15) is 30.4 Å². The summed E-state index contributed by atoms with van der Waals surface area (Å²) in [6, 6.07) is 3.26. The topological polar surface area (TPSA) is 65.4 Å². The molecule has 8 heteroatoms. The number of carbonyl (C=O) groups is 1. The number of halogens is 2. The highest BCUT2D eigenvalue weighted by Crippen LogP contribution is 2.18. The third-order valence-electron chi connectivity index (χ3n) is 4.41. The Hall–Kier alpha value is -2.32. The summed E-state index contributed by atoms with van der Waals surface area (Å²) < 4.78 is 39.6. The van der Waals surface area contributed by atoms with Crippen LogP contribution in [0.25, 0.3) is 0 Å². The van der Waals surface area contributed by atoms with Crippen molar-refractivity contribution >= 4 is 11.7 Å². The van der Waals surface area contributed by atoms with Crippen molar-refractivity contribution in [1.29, 1.82) is 0 Å². The van der Waals surface area contributed by atoms with Gasteiger partial charge in [0.05, 0.1) is 38.5 Å². The van der Waals surface area contributed by atoms with Gasteiger partial charge in [-0.15, -0.1) is 0 Å². The Bertz CT molecular complexity index is 789. The second-order valence-electron chi connectivity index (χ2n) is 6.58. The van der Waals surface area contributed by atoms with E-state index in [4.69, 9.17) is 9.47 Å². The molecular weight excluding hydrogens is 356 g/mol. The van der Waals surface area contributed by atoms with Crippen molar-refractivity contribution in [2.75, 3.05) is 25.1 Å². The summed E-state index contributed by atoms with van der Waals surface area (Å²) in [5.41, 5.74) is 0.897. The Morgan fingerprint density at radius 1 is 1.44 bits per heavy atom. The maximum absolute atomic E-state index is 13.9. The quantitative estimate of drug-likeness (QED) is 0.716. The zero-order chi connectivity index (χ0) is 19.2. The van der Waals surface area contributed by atoms with Crippen LogP contribution >= 0.6 is 0 Å². The highest BCUT2D eigenvalue weighted by Gasteiger charge is 2.16. The first-order chi connectivity index (χ1) is 13.0. The fourth-order valence-corrected chi connectivity index (χ4v) is 2.94. The minimum Gasteiger partial charge on any atom is -0.378 e. The molecule has 1 unspecified atom stereocenters. The molecule has 1 atom stereocenters. The Morgan fingerprint density at radius 3 is 3.07 bits per heavy atom. The molecule has 3 rings (SSSR count). The number of carbonyl (C=O) groups excluding carboxylic acids is 1. The Kier molecular flexibility index (Phi) is 6.52. The van der Waals surface area contributed by atoms with Crippen molar-refractivity contribution in [2.45, 2.75) is 38.8 Å². The van der Waals surface area contributed by atoms with Crippen molar-refractivity contribution in [1.82, 2.24) is 9.78 Å². The summed E-state index contributed by atoms with van der Waals surface area (Å²) in [5.74, 6) is -0.816. The second-order valence-corrected chi connectivity index (χ2v) is 6.58. The fraction of sp³-hybridized carbons (Fsp3) is 0.474. The third kappa shape index (κ3) is 5.33. The molecule has 1 N–H and O–H groups in total. The molecule has 1 saturated heterocycles. The van der Waals surface area contributed by atoms with Gasteiger partial charge >= 0.3 is 0 Å². The van der Waals surface area contributed by atoms with E-state index in [2.05, 4.69) is 10.4 Å². The van der Waals surface area contributed by atoms with E-state index in [9.17, 15) is 13.6 Å². The number of amides is 1. The Morgan fingerprint density at radius 2 is 2.30 bits per heavy atom. The first-order valence-corrected chi connectivity index (χ1v) is 8.98. The molecule has 0 saturated carbocycles. The molecule has 2 heterocycles. The number of nitrogens with one attached hydrogen (secondary N) is 1. The van der Waals surface area contributed by atoms with Gasteiger partial charge in [0.15, 0.2) is 0 Å². The molecule has 1 fully saturated rings. The number of nitrogens with zero attached hydrogens (tertiary/aromatic N) is 2. The minimum atomic E-state index is -0.524. The second kappa shape index (κ2) is 9.05. The summed E-state index contributed by atoms with van der Waals surface area (Å²) in [5, 5.41) is 6.92. The predicted molar refractivity (Wildman–Crippen MR) is 95.5 cm³/mol. The zero-order valence-electron chi connectivity index (χ0n) is 15.2. The number of hydrogen-bond donors (Lipinski definition) is 1. The maximum atomic E-state index is 13.9. The third-order valence-corrected chi connectivity index (χ3v) is 4.41. The van der Waals surface area contributed by atoms with Gasteiger partial charge in [-0.1, -0.05) is 0 Å². The lowest BCUT2D eigenvalue weighted by atomic mass is 10.2. The van der Waals surface area contributed by atoms with Crippen LogP contribution in [0.2, 0.25) is 0 Å². The molecule has 1 aliphatic heterocycles. The number of ether oxygens (including phenoxy) is 2. The normalized spacial score (nSPS) is 16.6. The van der Waals surface area contributed by atoms with E-state index in [0.717, 1.165) is 43.2 Å². The van der Waals surface area contributed by atoms with Crippen LogP contribution in [0, 0.1) is 18.6 Å². The van der Waals surface area contributed by atoms with Crippen LogP contribution in [0.15, 0.2) is 24.4 Å². The summed E-state index contributed by atoms with van der Waals surface area (Å²) >= 11 is 0. The van der Waals surface area contributed by atoms with Crippen LogP contribution in [-0.4, -0.2) is 41.6 Å². The number of rotatable bonds is 8. The fourth-order valence-electron chi connectivity index (χ4n) is 2.94.